The number of amides is 2. The van der Waals surface area contributed by atoms with Crippen molar-refractivity contribution in [1.29, 1.82) is 0 Å². The monoisotopic (exact) mass is 489 g/mol. The van der Waals surface area contributed by atoms with Crippen LogP contribution in [0.15, 0.2) is 29.4 Å². The summed E-state index contributed by atoms with van der Waals surface area (Å²) >= 11 is 1.34. The number of methoxy groups -OCH3 is 2. The molecule has 0 spiro atoms. The summed E-state index contributed by atoms with van der Waals surface area (Å²) in [4.78, 5) is 45.5. The molecule has 1 aromatic carbocycles. The quantitative estimate of drug-likeness (QED) is 0.555. The minimum absolute atomic E-state index is 0.0693. The number of nitrogens with zero attached hydrogens (tertiary/aromatic N) is 3. The number of carbonyl (C=O) groups is 3. The molecule has 0 radical (unpaired) electrons. The minimum Gasteiger partial charge on any atom is -0.493 e. The van der Waals surface area contributed by atoms with Crippen molar-refractivity contribution >= 4 is 29.1 Å². The van der Waals surface area contributed by atoms with Gasteiger partial charge >= 0.3 is 5.97 Å². The van der Waals surface area contributed by atoms with E-state index in [9.17, 15) is 14.4 Å². The molecule has 184 valence electrons. The lowest BCUT2D eigenvalue weighted by atomic mass is 9.96. The maximum atomic E-state index is 13.2. The fourth-order valence-corrected chi connectivity index (χ4v) is 4.83. The maximum absolute atomic E-state index is 13.2. The summed E-state index contributed by atoms with van der Waals surface area (Å²) < 4.78 is 17.3. The van der Waals surface area contributed by atoms with Crippen LogP contribution < -0.4 is 14.3 Å². The van der Waals surface area contributed by atoms with Crippen molar-refractivity contribution in [3.8, 4) is 11.5 Å². The van der Waals surface area contributed by atoms with Gasteiger partial charge in [-0.2, -0.15) is 4.99 Å². The molecular weight excluding hydrogens is 458 g/mol. The van der Waals surface area contributed by atoms with Crippen molar-refractivity contribution in [3.05, 3.63) is 39.6 Å². The van der Waals surface area contributed by atoms with Gasteiger partial charge in [-0.15, -0.1) is 11.3 Å². The lowest BCUT2D eigenvalue weighted by Gasteiger charge is -2.32. The highest BCUT2D eigenvalue weighted by Gasteiger charge is 2.31. The largest absolute Gasteiger partial charge is 0.493 e. The van der Waals surface area contributed by atoms with Crippen molar-refractivity contribution in [2.75, 3.05) is 33.9 Å². The number of carbonyl (C=O) groups excluding carboxylic acids is 3. The Bertz CT molecular complexity index is 1110. The number of likely N-dealkylation sites (tertiary alicyclic amines) is 1. The predicted molar refractivity (Wildman–Crippen MR) is 127 cm³/mol. The fourth-order valence-electron chi connectivity index (χ4n) is 3.93. The standard InChI is InChI=1S/C24H31N3O6S/c1-6-33-23(30)17-9-11-26(12-10-17)22(29)16(3)27-14-15(2)34-24(27)25-21(28)18-7-8-19(31-4)20(13-18)32-5/h7-8,13-14,16-17H,6,9-12H2,1-5H3/t16-/m1/s1. The molecule has 1 aliphatic rings. The van der Waals surface area contributed by atoms with Crippen LogP contribution in [0.2, 0.25) is 0 Å². The van der Waals surface area contributed by atoms with E-state index < -0.39 is 11.9 Å². The molecule has 2 amide bonds. The first-order valence-electron chi connectivity index (χ1n) is 11.2. The molecule has 9 nitrogen and oxygen atoms in total. The van der Waals surface area contributed by atoms with Gasteiger partial charge in [0.2, 0.25) is 5.91 Å². The molecular formula is C24H31N3O6S. The van der Waals surface area contributed by atoms with Gasteiger partial charge in [-0.05, 0) is 51.8 Å². The first-order chi connectivity index (χ1) is 16.3. The van der Waals surface area contributed by atoms with Crippen molar-refractivity contribution < 1.29 is 28.6 Å². The van der Waals surface area contributed by atoms with E-state index in [1.54, 1.807) is 41.5 Å². The zero-order valence-electron chi connectivity index (χ0n) is 20.2. The summed E-state index contributed by atoms with van der Waals surface area (Å²) in [6, 6.07) is 4.32. The van der Waals surface area contributed by atoms with Crippen LogP contribution >= 0.6 is 11.3 Å². The van der Waals surface area contributed by atoms with Gasteiger partial charge in [0.25, 0.3) is 5.91 Å². The lowest BCUT2D eigenvalue weighted by molar-refractivity contribution is -0.151. The highest BCUT2D eigenvalue weighted by atomic mass is 32.1. The molecule has 1 aromatic heterocycles. The third kappa shape index (κ3) is 5.67. The molecule has 0 aliphatic carbocycles. The topological polar surface area (TPSA) is 99.4 Å². The van der Waals surface area contributed by atoms with Crippen LogP contribution in [0.3, 0.4) is 0 Å². The summed E-state index contributed by atoms with van der Waals surface area (Å²) in [6.45, 7) is 6.84. The Morgan fingerprint density at radius 3 is 2.44 bits per heavy atom. The van der Waals surface area contributed by atoms with Gasteiger partial charge in [0, 0.05) is 29.7 Å². The Balaban J connectivity index is 1.78. The number of rotatable bonds is 7. The summed E-state index contributed by atoms with van der Waals surface area (Å²) in [6.07, 6.45) is 3.00. The van der Waals surface area contributed by atoms with E-state index in [1.807, 2.05) is 13.1 Å². The van der Waals surface area contributed by atoms with Gasteiger partial charge in [-0.25, -0.2) is 0 Å². The van der Waals surface area contributed by atoms with Crippen LogP contribution in [0.4, 0.5) is 0 Å². The smallest absolute Gasteiger partial charge is 0.309 e. The molecule has 0 bridgehead atoms. The van der Waals surface area contributed by atoms with Crippen LogP contribution in [0.1, 0.15) is 48.0 Å². The number of piperidine rings is 1. The Kier molecular flexibility index (Phi) is 8.49. The summed E-state index contributed by atoms with van der Waals surface area (Å²) in [7, 11) is 3.03. The van der Waals surface area contributed by atoms with E-state index in [4.69, 9.17) is 14.2 Å². The Morgan fingerprint density at radius 2 is 1.82 bits per heavy atom. The first kappa shape index (κ1) is 25.5. The number of aromatic nitrogens is 1. The van der Waals surface area contributed by atoms with Gasteiger partial charge in [-0.1, -0.05) is 0 Å². The Morgan fingerprint density at radius 1 is 1.15 bits per heavy atom. The highest BCUT2D eigenvalue weighted by Crippen LogP contribution is 2.28. The Hall–Kier alpha value is -3.14. The minimum atomic E-state index is -0.541. The second-order valence-corrected chi connectivity index (χ2v) is 9.26. The van der Waals surface area contributed by atoms with Crippen molar-refractivity contribution in [2.24, 2.45) is 10.9 Å². The molecule has 34 heavy (non-hydrogen) atoms. The fraction of sp³-hybridized carbons (Fsp3) is 0.500. The van der Waals surface area contributed by atoms with E-state index in [-0.39, 0.29) is 17.8 Å². The van der Waals surface area contributed by atoms with E-state index in [0.29, 0.717) is 54.4 Å². The van der Waals surface area contributed by atoms with Gasteiger partial charge in [0.1, 0.15) is 6.04 Å². The molecule has 1 fully saturated rings. The van der Waals surface area contributed by atoms with Crippen LogP contribution in [0.25, 0.3) is 0 Å². The average Bonchev–Trinajstić information content (AvgIpc) is 3.22. The van der Waals surface area contributed by atoms with Crippen molar-refractivity contribution in [3.63, 3.8) is 0 Å². The number of hydrogen-bond donors (Lipinski definition) is 0. The highest BCUT2D eigenvalue weighted by molar-refractivity contribution is 7.09. The number of ether oxygens (including phenoxy) is 3. The van der Waals surface area contributed by atoms with E-state index >= 15 is 0 Å². The number of benzene rings is 1. The lowest BCUT2D eigenvalue weighted by Crippen LogP contribution is -2.44. The van der Waals surface area contributed by atoms with Crippen LogP contribution in [0.5, 0.6) is 11.5 Å². The van der Waals surface area contributed by atoms with Crippen LogP contribution in [-0.2, 0) is 14.3 Å². The molecule has 2 heterocycles. The zero-order chi connectivity index (χ0) is 24.8. The Labute approximate surface area is 203 Å². The average molecular weight is 490 g/mol. The van der Waals surface area contributed by atoms with Gasteiger partial charge in [0.15, 0.2) is 16.3 Å². The summed E-state index contributed by atoms with van der Waals surface area (Å²) in [5.74, 6) is 0.0902. The van der Waals surface area contributed by atoms with Crippen molar-refractivity contribution in [1.82, 2.24) is 9.47 Å². The number of esters is 1. The molecule has 0 saturated carbocycles. The first-order valence-corrected chi connectivity index (χ1v) is 12.1. The van der Waals surface area contributed by atoms with Gasteiger partial charge in [0.05, 0.1) is 26.7 Å². The second-order valence-electron chi connectivity index (χ2n) is 8.05. The maximum Gasteiger partial charge on any atom is 0.309 e. The van der Waals surface area contributed by atoms with Gasteiger partial charge in [-0.3, -0.25) is 14.4 Å². The SMILES string of the molecule is CCOC(=O)C1CCN(C(=O)[C@@H](C)n2cc(C)sc2=NC(=O)c2ccc(OC)c(OC)c2)CC1. The van der Waals surface area contributed by atoms with E-state index in [2.05, 4.69) is 4.99 Å². The zero-order valence-corrected chi connectivity index (χ0v) is 21.0. The molecule has 1 aliphatic heterocycles. The van der Waals surface area contributed by atoms with E-state index in [0.717, 1.165) is 4.88 Å². The molecule has 0 N–H and O–H groups in total. The number of hydrogen-bond acceptors (Lipinski definition) is 7. The summed E-state index contributed by atoms with van der Waals surface area (Å²) in [5, 5.41) is 0. The predicted octanol–water partition coefficient (Wildman–Crippen LogP) is 2.98. The third-order valence-corrected chi connectivity index (χ3v) is 6.73. The van der Waals surface area contributed by atoms with Crippen molar-refractivity contribution in [2.45, 2.75) is 39.7 Å². The summed E-state index contributed by atoms with van der Waals surface area (Å²) in [5.41, 5.74) is 0.357. The number of aryl methyl sites for hydroxylation is 1. The third-order valence-electron chi connectivity index (χ3n) is 5.82. The van der Waals surface area contributed by atoms with Gasteiger partial charge < -0.3 is 23.7 Å². The van der Waals surface area contributed by atoms with Crippen LogP contribution in [-0.4, -0.2) is 61.2 Å². The molecule has 3 rings (SSSR count). The molecule has 10 heteroatoms. The normalized spacial score (nSPS) is 15.7. The molecule has 1 saturated heterocycles. The van der Waals surface area contributed by atoms with Crippen LogP contribution in [0, 0.1) is 12.8 Å². The molecule has 1 atom stereocenters. The van der Waals surface area contributed by atoms with E-state index in [1.165, 1.54) is 25.6 Å². The second kappa shape index (κ2) is 11.3. The molecule has 0 unspecified atom stereocenters. The number of thiazole rings is 1. The molecule has 2 aromatic rings.